The van der Waals surface area contributed by atoms with Gasteiger partial charge < -0.3 is 63.3 Å². The molecule has 1 aromatic carbocycles. The first-order valence-electron chi connectivity index (χ1n) is 27.4. The molecule has 2 amide bonds. The number of ether oxygens (including phenoxy) is 8. The van der Waals surface area contributed by atoms with Gasteiger partial charge in [0.2, 0.25) is 5.82 Å². The molecule has 2 aliphatic rings. The van der Waals surface area contributed by atoms with Gasteiger partial charge in [0.1, 0.15) is 23.6 Å². The molecule has 1 aliphatic heterocycles. The van der Waals surface area contributed by atoms with E-state index in [0.717, 1.165) is 17.3 Å². The Hall–Kier alpha value is -6.90. The number of hydrogen-bond acceptors (Lipinski definition) is 21. The van der Waals surface area contributed by atoms with Crippen molar-refractivity contribution in [2.75, 3.05) is 132 Å². The molecule has 0 atom stereocenters. The number of nitrogens with zero attached hydrogens (tertiary/aromatic N) is 10. The number of aromatic hydroxyl groups is 1. The van der Waals surface area contributed by atoms with Crippen LogP contribution in [-0.2, 0) is 60.6 Å². The number of aromatic amines is 1. The summed E-state index contributed by atoms with van der Waals surface area (Å²) in [4.78, 5) is 66.3. The van der Waals surface area contributed by atoms with Gasteiger partial charge in [0.15, 0.2) is 5.82 Å². The second-order valence-electron chi connectivity index (χ2n) is 19.2. The van der Waals surface area contributed by atoms with E-state index in [1.54, 1.807) is 4.68 Å². The van der Waals surface area contributed by atoms with Gasteiger partial charge in [-0.1, -0.05) is 35.5 Å². The predicted molar refractivity (Wildman–Crippen MR) is 290 cm³/mol. The summed E-state index contributed by atoms with van der Waals surface area (Å²) in [5.74, 6) is -2.24. The minimum atomic E-state index is -0.816. The smallest absolute Gasteiger partial charge is 0.295 e. The zero-order chi connectivity index (χ0) is 57.0. The first kappa shape index (κ1) is 61.7. The SMILES string of the molecule is CC(=O)CCOCCOCCOCCOCCn1cc(COCCOCCOCCOCCN(CCCNC(=O)c2ncn(-c3ncc(O)c4c(C(=O)C(=O)N5CCC(=C(C#N)c6ccccc6)CC5)c[nH]c34)n2)C2CC(O)C2)nn1. The standard InChI is InChI=1S/C55H74N12O14/c1-40(68)10-17-74-20-23-77-26-27-79-25-22-76-19-16-66-37-43(61-63-66)38-81-31-30-80-29-28-78-24-21-75-18-15-64(44-32-45(69)33-44)12-5-11-57-54(72)52-60-39-67(62-52)53-50-49(48(70)36-59-53)47(35-58-50)51(71)55(73)65-13-8-42(9-14-65)46(34-56)41-6-3-2-4-7-41/h2-4,6-7,35-37,39,44-45,58,69-70H,5,8-33,38H2,1H3,(H,57,72). The van der Waals surface area contributed by atoms with Crippen LogP contribution in [0.2, 0.25) is 0 Å². The fourth-order valence-electron chi connectivity index (χ4n) is 8.95. The molecule has 26 nitrogen and oxygen atoms in total. The normalized spacial score (nSPS) is 15.3. The zero-order valence-corrected chi connectivity index (χ0v) is 45.9. The molecule has 1 aliphatic carbocycles. The number of nitrogens with one attached hydrogen (secondary N) is 2. The van der Waals surface area contributed by atoms with Crippen LogP contribution in [0.4, 0.5) is 0 Å². The summed E-state index contributed by atoms with van der Waals surface area (Å²) in [5.41, 5.74) is 3.19. The Bertz CT molecular complexity index is 2820. The molecular weight excluding hydrogens is 1050 g/mol. The third-order valence-electron chi connectivity index (χ3n) is 13.4. The van der Waals surface area contributed by atoms with Crippen LogP contribution in [0.25, 0.3) is 22.3 Å². The molecule has 7 rings (SSSR count). The number of aliphatic hydroxyl groups is 1. The van der Waals surface area contributed by atoms with Crippen LogP contribution < -0.4 is 5.32 Å². The van der Waals surface area contributed by atoms with Gasteiger partial charge in [-0.15, -0.1) is 10.2 Å². The van der Waals surface area contributed by atoms with E-state index in [1.165, 1.54) is 29.0 Å². The molecule has 1 saturated heterocycles. The molecule has 5 heterocycles. The van der Waals surface area contributed by atoms with Crippen molar-refractivity contribution in [3.8, 4) is 17.6 Å². The lowest BCUT2D eigenvalue weighted by Gasteiger charge is -2.40. The lowest BCUT2D eigenvalue weighted by molar-refractivity contribution is -0.126. The highest BCUT2D eigenvalue weighted by Gasteiger charge is 2.33. The highest BCUT2D eigenvalue weighted by molar-refractivity contribution is 6.45. The van der Waals surface area contributed by atoms with E-state index in [9.17, 15) is 34.7 Å². The first-order chi connectivity index (χ1) is 39.6. The molecule has 0 spiro atoms. The van der Waals surface area contributed by atoms with E-state index in [2.05, 4.69) is 46.6 Å². The Morgan fingerprint density at radius 1 is 0.815 bits per heavy atom. The monoisotopic (exact) mass is 1130 g/mol. The lowest BCUT2D eigenvalue weighted by Crippen LogP contribution is -2.49. The molecular formula is C55H74N12O14. The average molecular weight is 1130 g/mol. The number of amides is 2. The molecule has 438 valence electrons. The van der Waals surface area contributed by atoms with Gasteiger partial charge in [0.25, 0.3) is 17.6 Å². The van der Waals surface area contributed by atoms with E-state index >= 15 is 0 Å². The van der Waals surface area contributed by atoms with Crippen molar-refractivity contribution in [2.24, 2.45) is 0 Å². The largest absolute Gasteiger partial charge is 0.506 e. The molecule has 5 aromatic rings. The molecule has 0 radical (unpaired) electrons. The van der Waals surface area contributed by atoms with Crippen molar-refractivity contribution in [3.63, 3.8) is 0 Å². The van der Waals surface area contributed by atoms with Crippen LogP contribution >= 0.6 is 0 Å². The maximum absolute atomic E-state index is 13.6. The molecule has 4 aromatic heterocycles. The second kappa shape index (κ2) is 33.8. The van der Waals surface area contributed by atoms with E-state index in [0.29, 0.717) is 182 Å². The Balaban J connectivity index is 0.709. The minimum absolute atomic E-state index is 0.0437. The first-order valence-corrected chi connectivity index (χ1v) is 27.4. The molecule has 2 fully saturated rings. The summed E-state index contributed by atoms with van der Waals surface area (Å²) in [6, 6.07) is 11.8. The van der Waals surface area contributed by atoms with Crippen molar-refractivity contribution in [2.45, 2.75) is 70.7 Å². The number of allylic oxidation sites excluding steroid dienone is 1. The van der Waals surface area contributed by atoms with Crippen LogP contribution in [-0.4, -0.2) is 227 Å². The number of carbonyl (C=O) groups excluding carboxylic acids is 4. The van der Waals surface area contributed by atoms with Crippen molar-refractivity contribution in [3.05, 3.63) is 83.5 Å². The number of piperidine rings is 1. The molecule has 4 N–H and O–H groups in total. The second-order valence-corrected chi connectivity index (χ2v) is 19.2. The minimum Gasteiger partial charge on any atom is -0.506 e. The number of aliphatic hydroxyl groups excluding tert-OH is 1. The zero-order valence-electron chi connectivity index (χ0n) is 45.9. The number of rotatable bonds is 39. The number of pyridine rings is 1. The van der Waals surface area contributed by atoms with Gasteiger partial charge in [-0.2, -0.15) is 9.94 Å². The van der Waals surface area contributed by atoms with E-state index in [1.807, 2.05) is 36.5 Å². The summed E-state index contributed by atoms with van der Waals surface area (Å²) in [6.45, 7) is 11.1. The van der Waals surface area contributed by atoms with Gasteiger partial charge >= 0.3 is 0 Å². The van der Waals surface area contributed by atoms with E-state index in [4.69, 9.17) is 37.9 Å². The number of carbonyl (C=O) groups is 4. The Labute approximate surface area is 469 Å². The van der Waals surface area contributed by atoms with Crippen LogP contribution in [0.15, 0.2) is 60.8 Å². The fourth-order valence-corrected chi connectivity index (χ4v) is 8.95. The molecule has 0 bridgehead atoms. The van der Waals surface area contributed by atoms with Gasteiger partial charge in [-0.3, -0.25) is 24.1 Å². The molecule has 0 unspecified atom stereocenters. The van der Waals surface area contributed by atoms with Crippen LogP contribution in [0.5, 0.6) is 5.75 Å². The van der Waals surface area contributed by atoms with Crippen molar-refractivity contribution in [1.29, 1.82) is 5.26 Å². The van der Waals surface area contributed by atoms with Gasteiger partial charge in [0.05, 0.1) is 159 Å². The van der Waals surface area contributed by atoms with Crippen LogP contribution in [0.1, 0.15) is 77.7 Å². The van der Waals surface area contributed by atoms with Gasteiger partial charge in [-0.05, 0) is 50.2 Å². The third-order valence-corrected chi connectivity index (χ3v) is 13.4. The summed E-state index contributed by atoms with van der Waals surface area (Å²) >= 11 is 0. The summed E-state index contributed by atoms with van der Waals surface area (Å²) in [6.07, 6.45) is 8.53. The summed E-state index contributed by atoms with van der Waals surface area (Å²) < 4.78 is 47.6. The maximum Gasteiger partial charge on any atom is 0.295 e. The fraction of sp³-hybridized carbons (Fsp3) is 0.564. The van der Waals surface area contributed by atoms with Crippen molar-refractivity contribution in [1.82, 2.24) is 54.8 Å². The highest BCUT2D eigenvalue weighted by Crippen LogP contribution is 2.32. The molecule has 26 heteroatoms. The van der Waals surface area contributed by atoms with Gasteiger partial charge in [0, 0.05) is 51.4 Å². The van der Waals surface area contributed by atoms with Crippen molar-refractivity contribution >= 4 is 39.9 Å². The predicted octanol–water partition coefficient (Wildman–Crippen LogP) is 2.48. The van der Waals surface area contributed by atoms with Crippen molar-refractivity contribution < 1.29 is 67.3 Å². The quantitative estimate of drug-likeness (QED) is 0.0190. The van der Waals surface area contributed by atoms with E-state index < -0.39 is 17.6 Å². The topological polar surface area (TPSA) is 315 Å². The van der Waals surface area contributed by atoms with E-state index in [-0.39, 0.29) is 64.9 Å². The van der Waals surface area contributed by atoms with Crippen LogP contribution in [0, 0.1) is 11.3 Å². The summed E-state index contributed by atoms with van der Waals surface area (Å²) in [5, 5.41) is 46.2. The Kier molecular flexibility index (Phi) is 25.7. The number of nitriles is 1. The number of hydrogen-bond donors (Lipinski definition) is 4. The van der Waals surface area contributed by atoms with Crippen LogP contribution in [0.3, 0.4) is 0 Å². The third kappa shape index (κ3) is 19.7. The number of ketones is 2. The maximum atomic E-state index is 13.6. The number of aromatic nitrogens is 8. The summed E-state index contributed by atoms with van der Waals surface area (Å²) in [7, 11) is 0. The number of likely N-dealkylation sites (tertiary alicyclic amines) is 1. The lowest BCUT2D eigenvalue weighted by atomic mass is 9.88. The molecule has 81 heavy (non-hydrogen) atoms. The number of fused-ring (bicyclic) bond motifs is 1. The Morgan fingerprint density at radius 2 is 1.44 bits per heavy atom. The average Bonchev–Trinajstić information content (AvgIpc) is 4.36. The number of benzene rings is 1. The number of H-pyrrole nitrogens is 1. The highest BCUT2D eigenvalue weighted by atomic mass is 16.6. The molecule has 1 saturated carbocycles. The Morgan fingerprint density at radius 3 is 2.09 bits per heavy atom. The number of Topliss-reactive ketones (excluding diaryl/α,β-unsaturated/α-hetero) is 2. The van der Waals surface area contributed by atoms with Gasteiger partial charge in [-0.25, -0.2) is 14.6 Å².